The van der Waals surface area contributed by atoms with E-state index < -0.39 is 10.0 Å². The molecule has 6 nitrogen and oxygen atoms in total. The third-order valence-electron chi connectivity index (χ3n) is 4.74. The van der Waals surface area contributed by atoms with Crippen LogP contribution >= 0.6 is 12.4 Å². The number of fused-ring (bicyclic) bond motifs is 2. The summed E-state index contributed by atoms with van der Waals surface area (Å²) in [5, 5.41) is 7.57. The van der Waals surface area contributed by atoms with Gasteiger partial charge in [-0.25, -0.2) is 13.1 Å². The number of hydrogen-bond acceptors (Lipinski definition) is 4. The van der Waals surface area contributed by atoms with Gasteiger partial charge in [-0.2, -0.15) is 9.40 Å². The third-order valence-corrected chi connectivity index (χ3v) is 6.70. The second-order valence-corrected chi connectivity index (χ2v) is 8.01. The third kappa shape index (κ3) is 2.97. The number of sulfonamides is 1. The maximum absolute atomic E-state index is 13.1. The largest absolute Gasteiger partial charge is 0.315 e. The maximum Gasteiger partial charge on any atom is 0.246 e. The number of benzene rings is 1. The van der Waals surface area contributed by atoms with Gasteiger partial charge in [0.15, 0.2) is 0 Å². The molecule has 0 radical (unpaired) electrons. The average Bonchev–Trinajstić information content (AvgIpc) is 3.13. The highest BCUT2D eigenvalue weighted by Gasteiger charge is 2.43. The van der Waals surface area contributed by atoms with E-state index in [1.54, 1.807) is 15.2 Å². The monoisotopic (exact) mass is 368 g/mol. The Hall–Kier alpha value is -1.41. The standard InChI is InChI=1S/C16H20N4O2S.ClH/c21-23(22,20-14-6-7-15(20)10-17-9-8-14)16-11-18-19(12-16)13-4-2-1-3-5-13;/h1-5,11-12,14-15,17H,6-10H2;1H. The van der Waals surface area contributed by atoms with E-state index in [0.29, 0.717) is 0 Å². The van der Waals surface area contributed by atoms with Crippen LogP contribution in [0, 0.1) is 0 Å². The van der Waals surface area contributed by atoms with E-state index in [1.165, 1.54) is 6.20 Å². The summed E-state index contributed by atoms with van der Waals surface area (Å²) < 4.78 is 29.5. The van der Waals surface area contributed by atoms with Crippen LogP contribution in [0.5, 0.6) is 0 Å². The second kappa shape index (κ2) is 6.84. The summed E-state index contributed by atoms with van der Waals surface area (Å²) in [4.78, 5) is 0.278. The molecule has 0 saturated carbocycles. The van der Waals surface area contributed by atoms with Crippen LogP contribution in [0.2, 0.25) is 0 Å². The van der Waals surface area contributed by atoms with Gasteiger partial charge in [-0.15, -0.1) is 12.4 Å². The van der Waals surface area contributed by atoms with Gasteiger partial charge in [-0.1, -0.05) is 18.2 Å². The Kier molecular flexibility index (Phi) is 4.96. The first kappa shape index (κ1) is 17.4. The number of para-hydroxylation sites is 1. The van der Waals surface area contributed by atoms with Crippen LogP contribution in [-0.4, -0.2) is 47.7 Å². The van der Waals surface area contributed by atoms with Crippen molar-refractivity contribution < 1.29 is 8.42 Å². The zero-order valence-electron chi connectivity index (χ0n) is 13.2. The maximum atomic E-state index is 13.1. The van der Waals surface area contributed by atoms with Crippen LogP contribution in [0.1, 0.15) is 19.3 Å². The molecule has 3 heterocycles. The van der Waals surface area contributed by atoms with Crippen molar-refractivity contribution in [2.24, 2.45) is 0 Å². The molecule has 0 amide bonds. The molecule has 4 rings (SSSR count). The van der Waals surface area contributed by atoms with E-state index in [1.807, 2.05) is 30.3 Å². The Labute approximate surface area is 148 Å². The predicted octanol–water partition coefficient (Wildman–Crippen LogP) is 1.81. The van der Waals surface area contributed by atoms with Crippen LogP contribution in [0.15, 0.2) is 47.6 Å². The average molecular weight is 369 g/mol. The van der Waals surface area contributed by atoms with Gasteiger partial charge in [0, 0.05) is 18.6 Å². The fourth-order valence-electron chi connectivity index (χ4n) is 3.61. The summed E-state index contributed by atoms with van der Waals surface area (Å²) in [6.07, 6.45) is 5.84. The van der Waals surface area contributed by atoms with E-state index in [4.69, 9.17) is 0 Å². The van der Waals surface area contributed by atoms with E-state index in [9.17, 15) is 8.42 Å². The van der Waals surface area contributed by atoms with Crippen molar-refractivity contribution in [2.75, 3.05) is 13.1 Å². The molecule has 130 valence electrons. The Bertz CT molecular complexity index is 779. The zero-order chi connectivity index (χ0) is 15.9. The Morgan fingerprint density at radius 1 is 1.08 bits per heavy atom. The molecule has 8 heteroatoms. The highest BCUT2D eigenvalue weighted by Crippen LogP contribution is 2.33. The first-order chi connectivity index (χ1) is 11.2. The molecule has 2 aromatic rings. The molecule has 0 aliphatic carbocycles. The number of aromatic nitrogens is 2. The summed E-state index contributed by atoms with van der Waals surface area (Å²) in [6, 6.07) is 9.73. The lowest BCUT2D eigenvalue weighted by molar-refractivity contribution is 0.334. The van der Waals surface area contributed by atoms with Crippen LogP contribution < -0.4 is 5.32 Å². The molecule has 2 atom stereocenters. The zero-order valence-corrected chi connectivity index (χ0v) is 14.8. The van der Waals surface area contributed by atoms with Crippen molar-refractivity contribution in [3.05, 3.63) is 42.7 Å². The molecule has 2 unspecified atom stereocenters. The predicted molar refractivity (Wildman–Crippen MR) is 94.1 cm³/mol. The van der Waals surface area contributed by atoms with Crippen molar-refractivity contribution in [3.63, 3.8) is 0 Å². The van der Waals surface area contributed by atoms with Crippen LogP contribution in [0.25, 0.3) is 5.69 Å². The highest BCUT2D eigenvalue weighted by atomic mass is 35.5. The van der Waals surface area contributed by atoms with E-state index >= 15 is 0 Å². The van der Waals surface area contributed by atoms with Gasteiger partial charge in [0.25, 0.3) is 0 Å². The lowest BCUT2D eigenvalue weighted by atomic mass is 10.1. The molecule has 2 fully saturated rings. The van der Waals surface area contributed by atoms with Gasteiger partial charge in [0.2, 0.25) is 10.0 Å². The van der Waals surface area contributed by atoms with Crippen LogP contribution in [0.4, 0.5) is 0 Å². The van der Waals surface area contributed by atoms with Gasteiger partial charge in [0.05, 0.1) is 18.1 Å². The molecule has 2 aliphatic heterocycles. The van der Waals surface area contributed by atoms with Gasteiger partial charge in [-0.05, 0) is 37.9 Å². The number of rotatable bonds is 3. The van der Waals surface area contributed by atoms with Gasteiger partial charge in [-0.3, -0.25) is 0 Å². The first-order valence-corrected chi connectivity index (χ1v) is 9.44. The summed E-state index contributed by atoms with van der Waals surface area (Å²) in [5.41, 5.74) is 0.856. The van der Waals surface area contributed by atoms with E-state index in [2.05, 4.69) is 10.4 Å². The normalized spacial score (nSPS) is 24.3. The molecule has 1 aromatic heterocycles. The Balaban J connectivity index is 0.00000169. The number of hydrogen-bond donors (Lipinski definition) is 1. The summed E-state index contributed by atoms with van der Waals surface area (Å²) >= 11 is 0. The quantitative estimate of drug-likeness (QED) is 0.897. The summed E-state index contributed by atoms with van der Waals surface area (Å²) in [5.74, 6) is 0. The minimum atomic E-state index is -3.50. The molecule has 24 heavy (non-hydrogen) atoms. The molecular weight excluding hydrogens is 348 g/mol. The second-order valence-electron chi connectivity index (χ2n) is 6.17. The smallest absolute Gasteiger partial charge is 0.246 e. The lowest BCUT2D eigenvalue weighted by Crippen LogP contribution is -2.42. The lowest BCUT2D eigenvalue weighted by Gasteiger charge is -2.26. The van der Waals surface area contributed by atoms with Crippen molar-refractivity contribution in [2.45, 2.75) is 36.2 Å². The molecule has 0 spiro atoms. The van der Waals surface area contributed by atoms with Crippen LogP contribution in [0.3, 0.4) is 0 Å². The fourth-order valence-corrected chi connectivity index (χ4v) is 5.45. The molecule has 1 N–H and O–H groups in total. The molecule has 1 aromatic carbocycles. The fraction of sp³-hybridized carbons (Fsp3) is 0.438. The van der Waals surface area contributed by atoms with Crippen molar-refractivity contribution in [3.8, 4) is 5.69 Å². The highest BCUT2D eigenvalue weighted by molar-refractivity contribution is 7.89. The minimum Gasteiger partial charge on any atom is -0.315 e. The summed E-state index contributed by atoms with van der Waals surface area (Å²) in [7, 11) is -3.50. The molecule has 2 bridgehead atoms. The topological polar surface area (TPSA) is 67.2 Å². The van der Waals surface area contributed by atoms with Gasteiger partial charge < -0.3 is 5.32 Å². The Morgan fingerprint density at radius 3 is 2.62 bits per heavy atom. The number of nitrogens with one attached hydrogen (secondary N) is 1. The molecule has 2 aliphatic rings. The van der Waals surface area contributed by atoms with Crippen molar-refractivity contribution in [1.29, 1.82) is 0 Å². The van der Waals surface area contributed by atoms with E-state index in [0.717, 1.165) is 38.0 Å². The van der Waals surface area contributed by atoms with E-state index in [-0.39, 0.29) is 29.4 Å². The molecule has 2 saturated heterocycles. The van der Waals surface area contributed by atoms with Crippen molar-refractivity contribution in [1.82, 2.24) is 19.4 Å². The Morgan fingerprint density at radius 2 is 1.83 bits per heavy atom. The minimum absolute atomic E-state index is 0. The van der Waals surface area contributed by atoms with Gasteiger partial charge in [0.1, 0.15) is 4.90 Å². The first-order valence-electron chi connectivity index (χ1n) is 8.00. The summed E-state index contributed by atoms with van der Waals surface area (Å²) in [6.45, 7) is 1.62. The number of nitrogens with zero attached hydrogens (tertiary/aromatic N) is 3. The molecular formula is C16H21ClN4O2S. The van der Waals surface area contributed by atoms with Crippen LogP contribution in [-0.2, 0) is 10.0 Å². The SMILES string of the molecule is Cl.O=S(=O)(c1cnn(-c2ccccc2)c1)N1C2CCNCC1CC2. The van der Waals surface area contributed by atoms with Crippen molar-refractivity contribution >= 4 is 22.4 Å². The number of halogens is 1. The van der Waals surface area contributed by atoms with Gasteiger partial charge >= 0.3 is 0 Å².